The van der Waals surface area contributed by atoms with Crippen LogP contribution in [0.2, 0.25) is 5.28 Å². The number of hydrogen-bond acceptors (Lipinski definition) is 4. The highest BCUT2D eigenvalue weighted by Gasteiger charge is 2.17. The van der Waals surface area contributed by atoms with Gasteiger partial charge in [-0.1, -0.05) is 6.92 Å². The molecule has 0 amide bonds. The summed E-state index contributed by atoms with van der Waals surface area (Å²) in [5, 5.41) is 1.45. The number of aromatic nitrogens is 2. The maximum absolute atomic E-state index is 6.04. The molecule has 0 saturated carbocycles. The molecule has 0 aliphatic rings. The summed E-state index contributed by atoms with van der Waals surface area (Å²) in [6, 6.07) is 2.55. The molecule has 0 N–H and O–H groups in total. The van der Waals surface area contributed by atoms with E-state index in [0.29, 0.717) is 11.3 Å². The van der Waals surface area contributed by atoms with E-state index in [1.807, 2.05) is 0 Å². The van der Waals surface area contributed by atoms with Gasteiger partial charge in [0.05, 0.1) is 5.39 Å². The molecule has 3 nitrogen and oxygen atoms in total. The zero-order valence-corrected chi connectivity index (χ0v) is 12.8. The number of thiophene rings is 1. The molecule has 2 aromatic rings. The van der Waals surface area contributed by atoms with Crippen LogP contribution in [-0.4, -0.2) is 22.6 Å². The molecule has 2 rings (SSSR count). The van der Waals surface area contributed by atoms with Crippen molar-refractivity contribution in [1.82, 2.24) is 9.97 Å². The Morgan fingerprint density at radius 1 is 1.39 bits per heavy atom. The minimum atomic E-state index is 0.334. The van der Waals surface area contributed by atoms with Crippen LogP contribution in [0.3, 0.4) is 0 Å². The smallest absolute Gasteiger partial charge is 0.225 e. The van der Waals surface area contributed by atoms with Gasteiger partial charge in [0.2, 0.25) is 5.28 Å². The number of hydrogen-bond donors (Lipinski definition) is 0. The van der Waals surface area contributed by atoms with Gasteiger partial charge in [0.1, 0.15) is 10.6 Å². The molecule has 2 heterocycles. The van der Waals surface area contributed by atoms with Gasteiger partial charge >= 0.3 is 0 Å². The van der Waals surface area contributed by atoms with E-state index in [9.17, 15) is 0 Å². The van der Waals surface area contributed by atoms with Crippen molar-refractivity contribution in [3.63, 3.8) is 0 Å². The maximum Gasteiger partial charge on any atom is 0.225 e. The lowest BCUT2D eigenvalue weighted by atomic mass is 10.2. The molecule has 0 aromatic carbocycles. The first-order chi connectivity index (χ1) is 8.52. The molecule has 0 atom stereocenters. The molecule has 0 unspecified atom stereocenters. The number of fused-ring (bicyclic) bond motifs is 1. The summed E-state index contributed by atoms with van der Waals surface area (Å²) in [5.74, 6) is 0.964. The van der Waals surface area contributed by atoms with E-state index in [1.54, 1.807) is 11.3 Å². The fourth-order valence-corrected chi connectivity index (χ4v) is 3.16. The number of nitrogens with zero attached hydrogens (tertiary/aromatic N) is 3. The second-order valence-electron chi connectivity index (χ2n) is 4.68. The molecule has 0 saturated heterocycles. The van der Waals surface area contributed by atoms with Gasteiger partial charge in [-0.3, -0.25) is 0 Å². The molecule has 18 heavy (non-hydrogen) atoms. The summed E-state index contributed by atoms with van der Waals surface area (Å²) in [7, 11) is 0. The van der Waals surface area contributed by atoms with Crippen LogP contribution in [0, 0.1) is 6.92 Å². The number of rotatable bonds is 4. The van der Waals surface area contributed by atoms with Crippen LogP contribution < -0.4 is 4.90 Å². The Kier molecular flexibility index (Phi) is 4.07. The summed E-state index contributed by atoms with van der Waals surface area (Å²) in [4.78, 5) is 13.3. The lowest BCUT2D eigenvalue weighted by Crippen LogP contribution is -2.32. The van der Waals surface area contributed by atoms with Gasteiger partial charge in [-0.05, 0) is 44.9 Å². The highest BCUT2D eigenvalue weighted by Crippen LogP contribution is 2.32. The quantitative estimate of drug-likeness (QED) is 0.784. The molecule has 2 aromatic heterocycles. The molecule has 98 valence electrons. The van der Waals surface area contributed by atoms with Crippen molar-refractivity contribution in [3.05, 3.63) is 16.2 Å². The Morgan fingerprint density at radius 2 is 2.11 bits per heavy atom. The first-order valence-electron chi connectivity index (χ1n) is 6.23. The predicted octanol–water partition coefficient (Wildman–Crippen LogP) is 4.28. The van der Waals surface area contributed by atoms with Gasteiger partial charge in [-0.2, -0.15) is 4.98 Å². The van der Waals surface area contributed by atoms with Gasteiger partial charge < -0.3 is 4.90 Å². The Bertz CT molecular complexity index is 550. The van der Waals surface area contributed by atoms with E-state index in [0.717, 1.165) is 29.0 Å². The molecule has 0 fully saturated rings. The van der Waals surface area contributed by atoms with Crippen molar-refractivity contribution in [2.24, 2.45) is 0 Å². The topological polar surface area (TPSA) is 29.0 Å². The van der Waals surface area contributed by atoms with Crippen LogP contribution in [-0.2, 0) is 0 Å². The highest BCUT2D eigenvalue weighted by atomic mass is 35.5. The van der Waals surface area contributed by atoms with Crippen molar-refractivity contribution in [3.8, 4) is 0 Å². The van der Waals surface area contributed by atoms with Crippen LogP contribution in [0.4, 0.5) is 5.82 Å². The molecule has 0 aliphatic heterocycles. The lowest BCUT2D eigenvalue weighted by Gasteiger charge is -2.27. The van der Waals surface area contributed by atoms with E-state index < -0.39 is 0 Å². The van der Waals surface area contributed by atoms with E-state index in [1.165, 1.54) is 4.88 Å². The van der Waals surface area contributed by atoms with Crippen molar-refractivity contribution >= 4 is 39.0 Å². The van der Waals surface area contributed by atoms with Gasteiger partial charge in [-0.15, -0.1) is 11.3 Å². The van der Waals surface area contributed by atoms with Crippen molar-refractivity contribution in [1.29, 1.82) is 0 Å². The summed E-state index contributed by atoms with van der Waals surface area (Å²) in [5.41, 5.74) is 0. The second kappa shape index (κ2) is 5.41. The average molecular weight is 284 g/mol. The lowest BCUT2D eigenvalue weighted by molar-refractivity contribution is 0.664. The average Bonchev–Trinajstić information content (AvgIpc) is 2.64. The van der Waals surface area contributed by atoms with Crippen LogP contribution in [0.15, 0.2) is 6.07 Å². The summed E-state index contributed by atoms with van der Waals surface area (Å²) >= 11 is 7.71. The third-order valence-corrected chi connectivity index (χ3v) is 3.94. The van der Waals surface area contributed by atoms with Crippen LogP contribution >= 0.6 is 22.9 Å². The van der Waals surface area contributed by atoms with Crippen molar-refractivity contribution < 1.29 is 0 Å². The number of halogens is 1. The zero-order valence-electron chi connectivity index (χ0n) is 11.2. The van der Waals surface area contributed by atoms with Crippen LogP contribution in [0.5, 0.6) is 0 Å². The third-order valence-electron chi connectivity index (χ3n) is 2.83. The molecule has 0 radical (unpaired) electrons. The first-order valence-corrected chi connectivity index (χ1v) is 7.42. The summed E-state index contributed by atoms with van der Waals surface area (Å²) < 4.78 is 0. The molecular formula is C13H18ClN3S. The fraction of sp³-hybridized carbons (Fsp3) is 0.538. The van der Waals surface area contributed by atoms with Gasteiger partial charge in [0.15, 0.2) is 0 Å². The Balaban J connectivity index is 2.59. The first kappa shape index (κ1) is 13.6. The zero-order chi connectivity index (χ0) is 13.3. The van der Waals surface area contributed by atoms with Crippen LogP contribution in [0.1, 0.15) is 32.1 Å². The highest BCUT2D eigenvalue weighted by molar-refractivity contribution is 7.18. The monoisotopic (exact) mass is 283 g/mol. The third kappa shape index (κ3) is 2.59. The van der Waals surface area contributed by atoms with Gasteiger partial charge in [-0.25, -0.2) is 4.98 Å². The minimum absolute atomic E-state index is 0.334. The Hall–Kier alpha value is -0.870. The Labute approximate surface area is 117 Å². The van der Waals surface area contributed by atoms with E-state index in [-0.39, 0.29) is 0 Å². The van der Waals surface area contributed by atoms with E-state index in [2.05, 4.69) is 48.6 Å². The van der Waals surface area contributed by atoms with Crippen LogP contribution in [0.25, 0.3) is 10.2 Å². The van der Waals surface area contributed by atoms with Gasteiger partial charge in [0.25, 0.3) is 0 Å². The predicted molar refractivity (Wildman–Crippen MR) is 79.9 cm³/mol. The van der Waals surface area contributed by atoms with Crippen molar-refractivity contribution in [2.75, 3.05) is 11.4 Å². The van der Waals surface area contributed by atoms with Crippen molar-refractivity contribution in [2.45, 2.75) is 40.2 Å². The molecular weight excluding hydrogens is 266 g/mol. The molecule has 0 aliphatic carbocycles. The SMILES string of the molecule is CCCN(c1nc(Cl)nc2sc(C)cc12)C(C)C. The minimum Gasteiger partial charge on any atom is -0.354 e. The normalized spacial score (nSPS) is 11.4. The number of anilines is 1. The summed E-state index contributed by atoms with van der Waals surface area (Å²) in [6.45, 7) is 9.60. The fourth-order valence-electron chi connectivity index (χ4n) is 2.07. The van der Waals surface area contributed by atoms with E-state index in [4.69, 9.17) is 11.6 Å². The summed E-state index contributed by atoms with van der Waals surface area (Å²) in [6.07, 6.45) is 1.09. The largest absolute Gasteiger partial charge is 0.354 e. The molecule has 0 bridgehead atoms. The molecule has 5 heteroatoms. The van der Waals surface area contributed by atoms with Gasteiger partial charge in [0, 0.05) is 17.5 Å². The molecule has 0 spiro atoms. The number of aryl methyl sites for hydroxylation is 1. The maximum atomic E-state index is 6.04. The standard InChI is InChI=1S/C13H18ClN3S/c1-5-6-17(8(2)3)11-10-7-9(4)18-12(10)16-13(14)15-11/h7-8H,5-6H2,1-4H3. The second-order valence-corrected chi connectivity index (χ2v) is 6.25. The Morgan fingerprint density at radius 3 is 2.72 bits per heavy atom. The van der Waals surface area contributed by atoms with E-state index >= 15 is 0 Å².